The van der Waals surface area contributed by atoms with E-state index in [2.05, 4.69) is 5.32 Å². The van der Waals surface area contributed by atoms with Crippen molar-refractivity contribution in [1.29, 1.82) is 0 Å². The Labute approximate surface area is 126 Å². The highest BCUT2D eigenvalue weighted by molar-refractivity contribution is 6.31. The lowest BCUT2D eigenvalue weighted by Gasteiger charge is -2.10. The van der Waals surface area contributed by atoms with Crippen molar-refractivity contribution >= 4 is 28.9 Å². The van der Waals surface area contributed by atoms with E-state index < -0.39 is 0 Å². The van der Waals surface area contributed by atoms with Crippen molar-refractivity contribution in [1.82, 2.24) is 0 Å². The number of ether oxygens (including phenoxy) is 1. The Kier molecular flexibility index (Phi) is 4.65. The SMILES string of the molecule is Cc1cc(OCC(=O)Nc2cc(Cl)ccc2N)ccc1F. The molecule has 0 fully saturated rings. The maximum absolute atomic E-state index is 13.1. The Morgan fingerprint density at radius 2 is 2.10 bits per heavy atom. The molecule has 21 heavy (non-hydrogen) atoms. The summed E-state index contributed by atoms with van der Waals surface area (Å²) in [6.45, 7) is 1.41. The fraction of sp³-hybridized carbons (Fsp3) is 0.133. The molecule has 0 saturated carbocycles. The van der Waals surface area contributed by atoms with E-state index in [-0.39, 0.29) is 18.3 Å². The van der Waals surface area contributed by atoms with E-state index in [1.54, 1.807) is 25.1 Å². The topological polar surface area (TPSA) is 64.3 Å². The van der Waals surface area contributed by atoms with E-state index in [1.165, 1.54) is 18.2 Å². The van der Waals surface area contributed by atoms with Gasteiger partial charge in [0.05, 0.1) is 11.4 Å². The highest BCUT2D eigenvalue weighted by Crippen LogP contribution is 2.23. The van der Waals surface area contributed by atoms with Gasteiger partial charge in [0.15, 0.2) is 6.61 Å². The Bertz CT molecular complexity index is 677. The fourth-order valence-electron chi connectivity index (χ4n) is 1.68. The number of aryl methyl sites for hydroxylation is 1. The first kappa shape index (κ1) is 15.1. The van der Waals surface area contributed by atoms with Crippen LogP contribution < -0.4 is 15.8 Å². The summed E-state index contributed by atoms with van der Waals surface area (Å²) in [7, 11) is 0. The molecule has 0 aromatic heterocycles. The molecule has 0 radical (unpaired) electrons. The molecular weight excluding hydrogens is 295 g/mol. The van der Waals surface area contributed by atoms with Gasteiger partial charge in [-0.1, -0.05) is 11.6 Å². The van der Waals surface area contributed by atoms with Gasteiger partial charge >= 0.3 is 0 Å². The van der Waals surface area contributed by atoms with Crippen LogP contribution in [-0.2, 0) is 4.79 Å². The quantitative estimate of drug-likeness (QED) is 0.851. The first-order valence-electron chi connectivity index (χ1n) is 6.19. The summed E-state index contributed by atoms with van der Waals surface area (Å²) in [5.74, 6) is -0.285. The Morgan fingerprint density at radius 3 is 2.81 bits per heavy atom. The normalized spacial score (nSPS) is 10.2. The van der Waals surface area contributed by atoms with Crippen molar-refractivity contribution in [3.8, 4) is 5.75 Å². The molecule has 2 aromatic rings. The molecule has 2 rings (SSSR count). The highest BCUT2D eigenvalue weighted by atomic mass is 35.5. The van der Waals surface area contributed by atoms with Crippen molar-refractivity contribution in [2.45, 2.75) is 6.92 Å². The zero-order chi connectivity index (χ0) is 15.4. The average molecular weight is 309 g/mol. The van der Waals surface area contributed by atoms with E-state index >= 15 is 0 Å². The second-order valence-electron chi connectivity index (χ2n) is 4.48. The van der Waals surface area contributed by atoms with Crippen LogP contribution in [0.15, 0.2) is 36.4 Å². The number of rotatable bonds is 4. The number of amides is 1. The van der Waals surface area contributed by atoms with Gasteiger partial charge in [-0.15, -0.1) is 0 Å². The molecular formula is C15H14ClFN2O2. The third-order valence-corrected chi connectivity index (χ3v) is 3.02. The second-order valence-corrected chi connectivity index (χ2v) is 4.92. The highest BCUT2D eigenvalue weighted by Gasteiger charge is 2.08. The van der Waals surface area contributed by atoms with Gasteiger partial charge in [-0.3, -0.25) is 4.79 Å². The summed E-state index contributed by atoms with van der Waals surface area (Å²) in [5, 5.41) is 3.07. The molecule has 3 N–H and O–H groups in total. The minimum absolute atomic E-state index is 0.211. The van der Waals surface area contributed by atoms with Crippen LogP contribution in [0.3, 0.4) is 0 Å². The van der Waals surface area contributed by atoms with Gasteiger partial charge in [0.25, 0.3) is 5.91 Å². The van der Waals surface area contributed by atoms with Gasteiger partial charge < -0.3 is 15.8 Å². The Balaban J connectivity index is 1.95. The Morgan fingerprint density at radius 1 is 1.33 bits per heavy atom. The summed E-state index contributed by atoms with van der Waals surface area (Å²) >= 11 is 5.83. The summed E-state index contributed by atoms with van der Waals surface area (Å²) in [4.78, 5) is 11.8. The monoisotopic (exact) mass is 308 g/mol. The number of hydrogen-bond acceptors (Lipinski definition) is 3. The van der Waals surface area contributed by atoms with Crippen LogP contribution in [0.1, 0.15) is 5.56 Å². The molecule has 1 amide bonds. The number of benzene rings is 2. The lowest BCUT2D eigenvalue weighted by Crippen LogP contribution is -2.20. The number of carbonyl (C=O) groups excluding carboxylic acids is 1. The molecule has 0 unspecified atom stereocenters. The van der Waals surface area contributed by atoms with Crippen molar-refractivity contribution in [2.75, 3.05) is 17.7 Å². The third kappa shape index (κ3) is 4.10. The van der Waals surface area contributed by atoms with Crippen LogP contribution in [0, 0.1) is 12.7 Å². The van der Waals surface area contributed by atoms with Crippen LogP contribution in [0.4, 0.5) is 15.8 Å². The number of hydrogen-bond donors (Lipinski definition) is 2. The lowest BCUT2D eigenvalue weighted by molar-refractivity contribution is -0.118. The van der Waals surface area contributed by atoms with Crippen molar-refractivity contribution in [3.05, 3.63) is 52.8 Å². The summed E-state index contributed by atoms with van der Waals surface area (Å²) in [5.41, 5.74) is 7.01. The van der Waals surface area contributed by atoms with Crippen LogP contribution in [0.5, 0.6) is 5.75 Å². The van der Waals surface area contributed by atoms with Crippen LogP contribution in [0.2, 0.25) is 5.02 Å². The number of carbonyl (C=O) groups is 1. The van der Waals surface area contributed by atoms with Gasteiger partial charge in [0, 0.05) is 5.02 Å². The molecule has 0 heterocycles. The lowest BCUT2D eigenvalue weighted by atomic mass is 10.2. The van der Waals surface area contributed by atoms with E-state index in [4.69, 9.17) is 22.1 Å². The molecule has 0 spiro atoms. The molecule has 0 saturated heterocycles. The molecule has 2 aromatic carbocycles. The van der Waals surface area contributed by atoms with Crippen LogP contribution >= 0.6 is 11.6 Å². The van der Waals surface area contributed by atoms with Crippen LogP contribution in [0.25, 0.3) is 0 Å². The molecule has 6 heteroatoms. The first-order valence-corrected chi connectivity index (χ1v) is 6.57. The molecule has 0 aliphatic heterocycles. The van der Waals surface area contributed by atoms with E-state index in [0.717, 1.165) is 0 Å². The predicted molar refractivity (Wildman–Crippen MR) is 81.1 cm³/mol. The van der Waals surface area contributed by atoms with Gasteiger partial charge in [0.2, 0.25) is 0 Å². The molecule has 0 aliphatic rings. The minimum atomic E-state index is -0.383. The maximum atomic E-state index is 13.1. The number of nitrogens with two attached hydrogens (primary N) is 1. The zero-order valence-corrected chi connectivity index (χ0v) is 12.1. The van der Waals surface area contributed by atoms with Crippen molar-refractivity contribution < 1.29 is 13.9 Å². The summed E-state index contributed by atoms with van der Waals surface area (Å²) < 4.78 is 18.4. The van der Waals surface area contributed by atoms with E-state index in [0.29, 0.717) is 27.7 Å². The third-order valence-electron chi connectivity index (χ3n) is 2.79. The summed E-state index contributed by atoms with van der Waals surface area (Å²) in [6.07, 6.45) is 0. The van der Waals surface area contributed by atoms with Crippen molar-refractivity contribution in [2.24, 2.45) is 0 Å². The molecule has 110 valence electrons. The van der Waals surface area contributed by atoms with Gasteiger partial charge in [-0.25, -0.2) is 4.39 Å². The number of nitrogens with one attached hydrogen (secondary N) is 1. The summed E-state index contributed by atoms with van der Waals surface area (Å²) in [6, 6.07) is 9.06. The Hall–Kier alpha value is -2.27. The van der Waals surface area contributed by atoms with E-state index in [9.17, 15) is 9.18 Å². The second kappa shape index (κ2) is 6.45. The largest absolute Gasteiger partial charge is 0.484 e. The maximum Gasteiger partial charge on any atom is 0.262 e. The van der Waals surface area contributed by atoms with Gasteiger partial charge in [-0.05, 0) is 48.9 Å². The first-order chi connectivity index (χ1) is 9.95. The zero-order valence-electron chi connectivity index (χ0n) is 11.3. The number of halogens is 2. The predicted octanol–water partition coefficient (Wildman–Crippen LogP) is 3.39. The standard InChI is InChI=1S/C15H14ClFN2O2/c1-9-6-11(3-4-12(9)17)21-8-15(20)19-14-7-10(16)2-5-13(14)18/h2-7H,8,18H2,1H3,(H,19,20). The van der Waals surface area contributed by atoms with Crippen molar-refractivity contribution in [3.63, 3.8) is 0 Å². The van der Waals surface area contributed by atoms with Gasteiger partial charge in [-0.2, -0.15) is 0 Å². The molecule has 0 aliphatic carbocycles. The number of anilines is 2. The number of nitrogen functional groups attached to an aromatic ring is 1. The minimum Gasteiger partial charge on any atom is -0.484 e. The smallest absolute Gasteiger partial charge is 0.262 e. The van der Waals surface area contributed by atoms with Crippen LogP contribution in [-0.4, -0.2) is 12.5 Å². The molecule has 4 nitrogen and oxygen atoms in total. The fourth-order valence-corrected chi connectivity index (χ4v) is 1.85. The average Bonchev–Trinajstić information content (AvgIpc) is 2.44. The van der Waals surface area contributed by atoms with Gasteiger partial charge in [0.1, 0.15) is 11.6 Å². The molecule has 0 bridgehead atoms. The molecule has 0 atom stereocenters. The van der Waals surface area contributed by atoms with E-state index in [1.807, 2.05) is 0 Å².